The van der Waals surface area contributed by atoms with Gasteiger partial charge in [0, 0.05) is 28.6 Å². The van der Waals surface area contributed by atoms with E-state index >= 15 is 0 Å². The molecular weight excluding hydrogens is 362 g/mol. The number of aliphatic imine (C=N–C) groups is 1. The van der Waals surface area contributed by atoms with Crippen LogP contribution in [0.5, 0.6) is 0 Å². The van der Waals surface area contributed by atoms with Crippen molar-refractivity contribution < 1.29 is 18.7 Å². The summed E-state index contributed by atoms with van der Waals surface area (Å²) < 4.78 is 10.8. The predicted molar refractivity (Wildman–Crippen MR) is 103 cm³/mol. The lowest BCUT2D eigenvalue weighted by Crippen LogP contribution is -2.40. The molecule has 140 valence electrons. The topological polar surface area (TPSA) is 68.9 Å². The lowest BCUT2D eigenvalue weighted by Gasteiger charge is -2.36. The fourth-order valence-electron chi connectivity index (χ4n) is 4.20. The third kappa shape index (κ3) is 3.08. The molecule has 0 spiro atoms. The molecule has 2 aromatic heterocycles. The Labute approximate surface area is 161 Å². The molecular formula is C21H21NO4S. The molecule has 0 amide bonds. The van der Waals surface area contributed by atoms with Gasteiger partial charge in [-0.25, -0.2) is 4.79 Å². The smallest absolute Gasteiger partial charge is 0.336 e. The molecule has 3 heterocycles. The number of furan rings is 1. The molecule has 1 aliphatic carbocycles. The molecule has 4 rings (SSSR count). The molecule has 1 fully saturated rings. The molecule has 0 aromatic carbocycles. The molecule has 1 unspecified atom stereocenters. The van der Waals surface area contributed by atoms with Gasteiger partial charge in [-0.2, -0.15) is 0 Å². The molecule has 3 atom stereocenters. The Morgan fingerprint density at radius 1 is 1.22 bits per heavy atom. The van der Waals surface area contributed by atoms with Crippen molar-refractivity contribution in [3.8, 4) is 0 Å². The second-order valence-electron chi connectivity index (χ2n) is 7.08. The average Bonchev–Trinajstić information content (AvgIpc) is 3.31. The normalized spacial score (nSPS) is 25.2. The van der Waals surface area contributed by atoms with E-state index in [9.17, 15) is 9.59 Å². The predicted octanol–water partition coefficient (Wildman–Crippen LogP) is 4.40. The minimum Gasteiger partial charge on any atom is -0.466 e. The number of rotatable bonds is 3. The first kappa shape index (κ1) is 17.9. The monoisotopic (exact) mass is 383 g/mol. The highest BCUT2D eigenvalue weighted by Crippen LogP contribution is 2.46. The second kappa shape index (κ2) is 6.93. The van der Waals surface area contributed by atoms with E-state index in [1.165, 1.54) is 12.0 Å². The van der Waals surface area contributed by atoms with Crippen LogP contribution in [-0.4, -0.2) is 24.6 Å². The van der Waals surface area contributed by atoms with Crippen LogP contribution in [0.2, 0.25) is 0 Å². The van der Waals surface area contributed by atoms with E-state index < -0.39 is 17.8 Å². The Hall–Kier alpha value is -2.47. The van der Waals surface area contributed by atoms with Crippen molar-refractivity contribution in [3.05, 3.63) is 57.3 Å². The third-order valence-electron chi connectivity index (χ3n) is 5.37. The van der Waals surface area contributed by atoms with Crippen LogP contribution in [0.25, 0.3) is 0 Å². The zero-order valence-corrected chi connectivity index (χ0v) is 16.3. The largest absolute Gasteiger partial charge is 0.466 e. The van der Waals surface area contributed by atoms with Crippen LogP contribution >= 0.6 is 11.3 Å². The second-order valence-corrected chi connectivity index (χ2v) is 8.06. The van der Waals surface area contributed by atoms with E-state index in [1.54, 1.807) is 18.3 Å². The molecule has 27 heavy (non-hydrogen) atoms. The van der Waals surface area contributed by atoms with E-state index in [2.05, 4.69) is 11.1 Å². The minimum atomic E-state index is -0.476. The number of ether oxygens (including phenoxy) is 1. The molecule has 1 saturated carbocycles. The lowest BCUT2D eigenvalue weighted by atomic mass is 9.68. The van der Waals surface area contributed by atoms with Crippen LogP contribution in [0.4, 0.5) is 0 Å². The van der Waals surface area contributed by atoms with Gasteiger partial charge in [-0.15, -0.1) is 11.3 Å². The zero-order chi connectivity index (χ0) is 19.1. The highest BCUT2D eigenvalue weighted by Gasteiger charge is 2.47. The van der Waals surface area contributed by atoms with Crippen molar-refractivity contribution >= 4 is 28.8 Å². The number of hydrogen-bond acceptors (Lipinski definition) is 6. The Balaban J connectivity index is 1.80. The maximum Gasteiger partial charge on any atom is 0.336 e. The average molecular weight is 383 g/mol. The number of ketones is 1. The summed E-state index contributed by atoms with van der Waals surface area (Å²) in [5.74, 6) is 0.219. The van der Waals surface area contributed by atoms with Crippen LogP contribution in [-0.2, 0) is 14.3 Å². The number of methoxy groups -OCH3 is 1. The molecule has 0 bridgehead atoms. The molecule has 5 nitrogen and oxygen atoms in total. The fourth-order valence-corrected chi connectivity index (χ4v) is 5.04. The van der Waals surface area contributed by atoms with Gasteiger partial charge in [0.15, 0.2) is 0 Å². The minimum absolute atomic E-state index is 0.103. The van der Waals surface area contributed by atoms with E-state index in [-0.39, 0.29) is 11.7 Å². The Bertz CT molecular complexity index is 951. The third-order valence-corrected chi connectivity index (χ3v) is 6.41. The van der Waals surface area contributed by atoms with Crippen molar-refractivity contribution in [2.24, 2.45) is 10.9 Å². The van der Waals surface area contributed by atoms with Gasteiger partial charge in [-0.3, -0.25) is 9.79 Å². The summed E-state index contributed by atoms with van der Waals surface area (Å²) in [5.41, 5.74) is 1.86. The number of thiophene rings is 1. The maximum atomic E-state index is 13.2. The quantitative estimate of drug-likeness (QED) is 0.737. The first-order chi connectivity index (χ1) is 13.0. The number of fused-ring (bicyclic) bond motifs is 1. The van der Waals surface area contributed by atoms with Gasteiger partial charge in [-0.1, -0.05) is 6.07 Å². The lowest BCUT2D eigenvalue weighted by molar-refractivity contribution is -0.136. The van der Waals surface area contributed by atoms with E-state index in [4.69, 9.17) is 9.15 Å². The molecule has 0 radical (unpaired) electrons. The molecule has 2 aliphatic rings. The number of carbonyl (C=O) groups is 2. The van der Waals surface area contributed by atoms with Gasteiger partial charge >= 0.3 is 5.97 Å². The number of allylic oxidation sites excluding steroid dienone is 1. The van der Waals surface area contributed by atoms with Gasteiger partial charge in [0.1, 0.15) is 17.3 Å². The first-order valence-corrected chi connectivity index (χ1v) is 9.86. The Morgan fingerprint density at radius 2 is 2.04 bits per heavy atom. The Morgan fingerprint density at radius 3 is 2.67 bits per heavy atom. The molecule has 6 heteroatoms. The van der Waals surface area contributed by atoms with Gasteiger partial charge in [0.05, 0.1) is 24.5 Å². The van der Waals surface area contributed by atoms with Crippen LogP contribution < -0.4 is 0 Å². The van der Waals surface area contributed by atoms with E-state index in [0.29, 0.717) is 23.5 Å². The Kier molecular flexibility index (Phi) is 4.60. The number of nitrogens with zero attached hydrogens (tertiary/aromatic N) is 1. The van der Waals surface area contributed by atoms with Gasteiger partial charge in [0.25, 0.3) is 0 Å². The molecule has 0 N–H and O–H groups in total. The number of esters is 1. The molecule has 1 aliphatic heterocycles. The fraction of sp³-hybridized carbons (Fsp3) is 0.381. The van der Waals surface area contributed by atoms with Crippen LogP contribution in [0.15, 0.2) is 50.3 Å². The van der Waals surface area contributed by atoms with Crippen molar-refractivity contribution in [1.29, 1.82) is 0 Å². The van der Waals surface area contributed by atoms with Gasteiger partial charge < -0.3 is 9.15 Å². The summed E-state index contributed by atoms with van der Waals surface area (Å²) in [6, 6.07) is 7.78. The summed E-state index contributed by atoms with van der Waals surface area (Å²) in [5, 5.41) is 2.03. The summed E-state index contributed by atoms with van der Waals surface area (Å²) in [6.45, 7) is 3.66. The van der Waals surface area contributed by atoms with Crippen molar-refractivity contribution in [3.63, 3.8) is 0 Å². The molecule has 0 saturated heterocycles. The van der Waals surface area contributed by atoms with Crippen molar-refractivity contribution in [2.75, 3.05) is 7.11 Å². The first-order valence-electron chi connectivity index (χ1n) is 8.98. The standard InChI is InChI=1S/C21H21NO4S/c1-11-6-7-16(26-11)20-18(21(24)25-3)12(2)22-14-9-13(10-15(23)19(14)20)17-5-4-8-27-17/h4-8,13,19-20H,9-10H2,1-3H3/t13-,19?,20+/m1/s1. The van der Waals surface area contributed by atoms with Gasteiger partial charge in [0.2, 0.25) is 0 Å². The number of hydrogen-bond donors (Lipinski definition) is 0. The number of carbonyl (C=O) groups excluding carboxylic acids is 2. The highest BCUT2D eigenvalue weighted by molar-refractivity contribution is 7.10. The van der Waals surface area contributed by atoms with Crippen LogP contribution in [0, 0.1) is 12.8 Å². The summed E-state index contributed by atoms with van der Waals surface area (Å²) >= 11 is 1.67. The van der Waals surface area contributed by atoms with Crippen molar-refractivity contribution in [1.82, 2.24) is 0 Å². The van der Waals surface area contributed by atoms with E-state index in [0.717, 1.165) is 17.9 Å². The summed E-state index contributed by atoms with van der Waals surface area (Å²) in [4.78, 5) is 31.6. The SMILES string of the molecule is COC(=O)C1=C(C)N=C2C[C@@H](c3cccs3)CC(=O)C2[C@H]1c1ccc(C)o1. The zero-order valence-electron chi connectivity index (χ0n) is 15.5. The summed E-state index contributed by atoms with van der Waals surface area (Å²) in [7, 11) is 1.35. The highest BCUT2D eigenvalue weighted by atomic mass is 32.1. The number of aryl methyl sites for hydroxylation is 1. The van der Waals surface area contributed by atoms with E-state index in [1.807, 2.05) is 30.5 Å². The van der Waals surface area contributed by atoms with Crippen molar-refractivity contribution in [2.45, 2.75) is 38.5 Å². The number of Topliss-reactive ketones (excluding diaryl/α,β-unsaturated/α-hetero) is 1. The van der Waals surface area contributed by atoms with Crippen LogP contribution in [0.1, 0.15) is 48.0 Å². The van der Waals surface area contributed by atoms with Gasteiger partial charge in [-0.05, 0) is 43.8 Å². The van der Waals surface area contributed by atoms with Crippen LogP contribution in [0.3, 0.4) is 0 Å². The molecule has 2 aromatic rings. The summed E-state index contributed by atoms with van der Waals surface area (Å²) in [6.07, 6.45) is 1.17. The maximum absolute atomic E-state index is 13.2.